The number of hydrogen-bond acceptors (Lipinski definition) is 7. The molecule has 1 aliphatic heterocycles. The summed E-state index contributed by atoms with van der Waals surface area (Å²) in [7, 11) is 0. The number of aromatic nitrogens is 2. The fraction of sp³-hybridized carbons (Fsp3) is 0.696. The van der Waals surface area contributed by atoms with E-state index in [4.69, 9.17) is 9.15 Å². The molecular formula is C23H32F2N4O3S. The van der Waals surface area contributed by atoms with Crippen LogP contribution in [-0.2, 0) is 24.2 Å². The van der Waals surface area contributed by atoms with E-state index in [9.17, 15) is 13.6 Å². The first kappa shape index (κ1) is 24.1. The fourth-order valence-corrected chi connectivity index (χ4v) is 5.46. The summed E-state index contributed by atoms with van der Waals surface area (Å²) in [5.41, 5.74) is 0.967. The Labute approximate surface area is 196 Å². The molecule has 0 atom stereocenters. The number of fused-ring (bicyclic) bond motifs is 1. The van der Waals surface area contributed by atoms with Gasteiger partial charge in [-0.15, -0.1) is 0 Å². The summed E-state index contributed by atoms with van der Waals surface area (Å²) in [5.74, 6) is -1.01. The van der Waals surface area contributed by atoms with Gasteiger partial charge in [0.2, 0.25) is 5.91 Å². The van der Waals surface area contributed by atoms with Crippen LogP contribution >= 0.6 is 11.3 Å². The van der Waals surface area contributed by atoms with Crippen molar-refractivity contribution < 1.29 is 22.7 Å². The molecule has 0 bridgehead atoms. The Kier molecular flexibility index (Phi) is 7.63. The number of carbonyl (C=O) groups excluding carboxylic acids is 1. The number of hydrogen-bond donors (Lipinski definition) is 1. The van der Waals surface area contributed by atoms with E-state index < -0.39 is 12.5 Å². The highest BCUT2D eigenvalue weighted by atomic mass is 32.1. The van der Waals surface area contributed by atoms with Gasteiger partial charge in [0.1, 0.15) is 5.76 Å². The van der Waals surface area contributed by atoms with Crippen LogP contribution in [-0.4, -0.2) is 52.4 Å². The molecule has 7 nitrogen and oxygen atoms in total. The number of halogens is 2. The largest absolute Gasteiger partial charge is 0.464 e. The summed E-state index contributed by atoms with van der Waals surface area (Å²) in [5, 5.41) is 3.48. The lowest BCUT2D eigenvalue weighted by Crippen LogP contribution is -2.39. The molecule has 0 radical (unpaired) electrons. The molecule has 1 amide bonds. The predicted octanol–water partition coefficient (Wildman–Crippen LogP) is 4.14. The van der Waals surface area contributed by atoms with Crippen molar-refractivity contribution in [3.05, 3.63) is 28.4 Å². The average molecular weight is 483 g/mol. The van der Waals surface area contributed by atoms with E-state index in [1.165, 1.54) is 11.3 Å². The van der Waals surface area contributed by atoms with Crippen LogP contribution in [0.25, 0.3) is 0 Å². The minimum absolute atomic E-state index is 0.00649. The number of amides is 1. The summed E-state index contributed by atoms with van der Waals surface area (Å²) in [6.07, 6.45) is 8.11. The zero-order valence-corrected chi connectivity index (χ0v) is 20.1. The number of nitrogens with one attached hydrogen (secondary N) is 1. The van der Waals surface area contributed by atoms with E-state index in [-0.39, 0.29) is 18.4 Å². The number of carbonyl (C=O) groups is 1. The molecule has 1 fully saturated rings. The molecule has 1 saturated carbocycles. The Morgan fingerprint density at radius 3 is 2.85 bits per heavy atom. The van der Waals surface area contributed by atoms with Crippen LogP contribution in [0.1, 0.15) is 61.2 Å². The van der Waals surface area contributed by atoms with Gasteiger partial charge in [0, 0.05) is 37.9 Å². The summed E-state index contributed by atoms with van der Waals surface area (Å²) < 4.78 is 36.6. The van der Waals surface area contributed by atoms with Crippen molar-refractivity contribution in [3.63, 3.8) is 0 Å². The molecule has 1 N–H and O–H groups in total. The summed E-state index contributed by atoms with van der Waals surface area (Å²) in [4.78, 5) is 24.3. The maximum atomic E-state index is 13.0. The first-order chi connectivity index (χ1) is 15.7. The van der Waals surface area contributed by atoms with Crippen LogP contribution in [0.15, 0.2) is 10.6 Å². The quantitative estimate of drug-likeness (QED) is 0.579. The third-order valence-electron chi connectivity index (χ3n) is 6.31. The standard InChI is InChI=1S/C23H32F2N4O3S/c1-15-26-12-18(32-15)11-21(30)27-17-5-3-16(4-6-17)7-9-29-10-8-20-19(13-29)28-22(33-20)31-14-23(2,24)25/h12,16-17H,3-11,13-14H2,1-2H3,(H,27,30). The monoisotopic (exact) mass is 482 g/mol. The van der Waals surface area contributed by atoms with Gasteiger partial charge in [-0.2, -0.15) is 0 Å². The molecule has 3 heterocycles. The van der Waals surface area contributed by atoms with Crippen LogP contribution < -0.4 is 10.1 Å². The summed E-state index contributed by atoms with van der Waals surface area (Å²) in [6.45, 7) is 4.71. The maximum Gasteiger partial charge on any atom is 0.278 e. The van der Waals surface area contributed by atoms with Crippen molar-refractivity contribution >= 4 is 17.2 Å². The van der Waals surface area contributed by atoms with Crippen molar-refractivity contribution in [3.8, 4) is 5.19 Å². The number of rotatable bonds is 9. The molecule has 2 aliphatic rings. The second-order valence-corrected chi connectivity index (χ2v) is 10.4. The van der Waals surface area contributed by atoms with Crippen molar-refractivity contribution in [1.82, 2.24) is 20.2 Å². The molecule has 2 aromatic rings. The van der Waals surface area contributed by atoms with Crippen molar-refractivity contribution in [2.24, 2.45) is 5.92 Å². The first-order valence-corrected chi connectivity index (χ1v) is 12.5. The van der Waals surface area contributed by atoms with Gasteiger partial charge in [0.15, 0.2) is 12.5 Å². The molecular weight excluding hydrogens is 450 g/mol. The Hall–Kier alpha value is -2.07. The first-order valence-electron chi connectivity index (χ1n) is 11.7. The smallest absolute Gasteiger partial charge is 0.278 e. The zero-order chi connectivity index (χ0) is 23.4. The van der Waals surface area contributed by atoms with Gasteiger partial charge in [-0.25, -0.2) is 18.7 Å². The third-order valence-corrected chi connectivity index (χ3v) is 7.38. The second-order valence-electron chi connectivity index (χ2n) is 9.33. The van der Waals surface area contributed by atoms with Gasteiger partial charge in [0.25, 0.3) is 11.1 Å². The van der Waals surface area contributed by atoms with Gasteiger partial charge in [-0.1, -0.05) is 11.3 Å². The minimum Gasteiger partial charge on any atom is -0.464 e. The molecule has 4 rings (SSSR count). The molecule has 0 aromatic carbocycles. The number of ether oxygens (including phenoxy) is 1. The highest BCUT2D eigenvalue weighted by Gasteiger charge is 2.27. The van der Waals surface area contributed by atoms with Crippen LogP contribution in [0.5, 0.6) is 5.19 Å². The average Bonchev–Trinajstić information content (AvgIpc) is 3.36. The van der Waals surface area contributed by atoms with Crippen LogP contribution in [0.3, 0.4) is 0 Å². The molecule has 0 spiro atoms. The van der Waals surface area contributed by atoms with E-state index in [0.29, 0.717) is 22.8 Å². The lowest BCUT2D eigenvalue weighted by atomic mass is 9.84. The fourth-order valence-electron chi connectivity index (χ4n) is 4.55. The summed E-state index contributed by atoms with van der Waals surface area (Å²) in [6, 6.07) is 0.235. The molecule has 10 heteroatoms. The van der Waals surface area contributed by atoms with Gasteiger partial charge in [0.05, 0.1) is 18.3 Å². The molecule has 0 saturated heterocycles. The lowest BCUT2D eigenvalue weighted by molar-refractivity contribution is -0.121. The van der Waals surface area contributed by atoms with Gasteiger partial charge in [-0.3, -0.25) is 9.69 Å². The highest BCUT2D eigenvalue weighted by molar-refractivity contribution is 7.13. The van der Waals surface area contributed by atoms with Crippen molar-refractivity contribution in [2.75, 3.05) is 19.7 Å². The lowest BCUT2D eigenvalue weighted by Gasteiger charge is -2.31. The Bertz CT molecular complexity index is 935. The van der Waals surface area contributed by atoms with Gasteiger partial charge < -0.3 is 14.5 Å². The number of thiazole rings is 1. The molecule has 0 unspecified atom stereocenters. The van der Waals surface area contributed by atoms with Crippen LogP contribution in [0, 0.1) is 12.8 Å². The Morgan fingerprint density at radius 1 is 1.36 bits per heavy atom. The highest BCUT2D eigenvalue weighted by Crippen LogP contribution is 2.32. The Balaban J connectivity index is 1.15. The molecule has 182 valence electrons. The summed E-state index contributed by atoms with van der Waals surface area (Å²) >= 11 is 1.39. The van der Waals surface area contributed by atoms with E-state index in [2.05, 4.69) is 20.2 Å². The van der Waals surface area contributed by atoms with E-state index in [0.717, 1.165) is 75.7 Å². The molecule has 33 heavy (non-hydrogen) atoms. The van der Waals surface area contributed by atoms with E-state index in [1.807, 2.05) is 0 Å². The zero-order valence-electron chi connectivity index (χ0n) is 19.2. The number of alkyl halides is 2. The third kappa shape index (κ3) is 7.20. The van der Waals surface area contributed by atoms with Crippen LogP contribution in [0.4, 0.5) is 8.78 Å². The number of oxazole rings is 1. The SMILES string of the molecule is Cc1ncc(CC(=O)NC2CCC(CCN3CCc4sc(OCC(C)(F)F)nc4C3)CC2)o1. The van der Waals surface area contributed by atoms with Gasteiger partial charge >= 0.3 is 0 Å². The van der Waals surface area contributed by atoms with Crippen molar-refractivity contribution in [1.29, 1.82) is 0 Å². The minimum atomic E-state index is -2.85. The van der Waals surface area contributed by atoms with Crippen molar-refractivity contribution in [2.45, 2.75) is 77.3 Å². The normalized spacial score (nSPS) is 21.6. The van der Waals surface area contributed by atoms with E-state index in [1.54, 1.807) is 13.1 Å². The number of aryl methyl sites for hydroxylation is 1. The molecule has 1 aliphatic carbocycles. The maximum absolute atomic E-state index is 13.0. The molecule has 2 aromatic heterocycles. The van der Waals surface area contributed by atoms with E-state index >= 15 is 0 Å². The predicted molar refractivity (Wildman–Crippen MR) is 121 cm³/mol. The topological polar surface area (TPSA) is 80.5 Å². The second kappa shape index (κ2) is 10.5. The number of nitrogens with zero attached hydrogens (tertiary/aromatic N) is 3. The van der Waals surface area contributed by atoms with Gasteiger partial charge in [-0.05, 0) is 51.0 Å². The Morgan fingerprint density at radius 2 is 2.15 bits per heavy atom. The van der Waals surface area contributed by atoms with Crippen LogP contribution in [0.2, 0.25) is 0 Å².